The maximum Gasteiger partial charge on any atom is 0.231 e. The number of aromatic nitrogens is 2. The van der Waals surface area contributed by atoms with Gasteiger partial charge >= 0.3 is 0 Å². The van der Waals surface area contributed by atoms with Gasteiger partial charge in [-0.25, -0.2) is 17.7 Å². The molecule has 2 aromatic heterocycles. The minimum absolute atomic E-state index is 0.0406. The van der Waals surface area contributed by atoms with Crippen molar-refractivity contribution < 1.29 is 13.2 Å². The Labute approximate surface area is 168 Å². The normalized spacial score (nSPS) is 18.4. The van der Waals surface area contributed by atoms with E-state index in [9.17, 15) is 13.2 Å². The predicted octanol–water partition coefficient (Wildman–Crippen LogP) is 2.88. The molecule has 1 amide bonds. The van der Waals surface area contributed by atoms with Crippen LogP contribution in [0.15, 0.2) is 24.5 Å². The van der Waals surface area contributed by atoms with Crippen LogP contribution in [-0.4, -0.2) is 54.5 Å². The quantitative estimate of drug-likeness (QED) is 0.731. The Hall–Kier alpha value is -1.55. The molecular weight excluding hydrogens is 408 g/mol. The first-order valence-corrected chi connectivity index (χ1v) is 11.5. The van der Waals surface area contributed by atoms with Crippen molar-refractivity contribution in [2.75, 3.05) is 30.8 Å². The lowest BCUT2D eigenvalue weighted by atomic mass is 9.98. The third-order valence-corrected chi connectivity index (χ3v) is 8.01. The van der Waals surface area contributed by atoms with Crippen molar-refractivity contribution in [1.82, 2.24) is 14.3 Å². The highest BCUT2D eigenvalue weighted by atomic mass is 35.5. The average Bonchev–Trinajstić information content (AvgIpc) is 3.09. The fourth-order valence-corrected chi connectivity index (χ4v) is 5.54. The van der Waals surface area contributed by atoms with Crippen LogP contribution < -0.4 is 4.90 Å². The largest absolute Gasteiger partial charge is 0.304 e. The number of hydrogen-bond donors (Lipinski definition) is 0. The van der Waals surface area contributed by atoms with Crippen LogP contribution in [0, 0.1) is 5.92 Å². The first-order chi connectivity index (χ1) is 12.8. The highest BCUT2D eigenvalue weighted by Crippen LogP contribution is 2.38. The molecule has 0 N–H and O–H groups in total. The molecule has 0 aliphatic carbocycles. The van der Waals surface area contributed by atoms with E-state index in [4.69, 9.17) is 11.6 Å². The van der Waals surface area contributed by atoms with Crippen LogP contribution in [-0.2, 0) is 14.8 Å². The van der Waals surface area contributed by atoms with E-state index in [1.54, 1.807) is 26.4 Å². The number of piperidine rings is 1. The molecule has 0 radical (unpaired) electrons. The summed E-state index contributed by atoms with van der Waals surface area (Å²) in [5.74, 6) is -0.488. The molecule has 0 spiro atoms. The first-order valence-electron chi connectivity index (χ1n) is 8.65. The Kier molecular flexibility index (Phi) is 6.15. The Morgan fingerprint density at radius 1 is 1.48 bits per heavy atom. The van der Waals surface area contributed by atoms with E-state index in [2.05, 4.69) is 9.97 Å². The zero-order valence-corrected chi connectivity index (χ0v) is 17.5. The molecule has 1 fully saturated rings. The van der Waals surface area contributed by atoms with Crippen molar-refractivity contribution in [2.45, 2.75) is 19.8 Å². The van der Waals surface area contributed by atoms with Crippen LogP contribution >= 0.6 is 22.9 Å². The molecule has 3 heterocycles. The zero-order valence-electron chi connectivity index (χ0n) is 15.1. The molecule has 1 aliphatic rings. The van der Waals surface area contributed by atoms with E-state index < -0.39 is 10.0 Å². The monoisotopic (exact) mass is 428 g/mol. The number of carbonyl (C=O) groups excluding carboxylic acids is 1. The Balaban J connectivity index is 1.79. The van der Waals surface area contributed by atoms with Crippen molar-refractivity contribution in [3.63, 3.8) is 0 Å². The van der Waals surface area contributed by atoms with Gasteiger partial charge in [0.05, 0.1) is 11.7 Å². The molecule has 0 saturated carbocycles. The SMILES string of the molecule is CCS(=O)(=O)N1CCCC(C(=O)N(C)c2sc(-c3cccnc3)nc2Cl)C1. The van der Waals surface area contributed by atoms with E-state index in [1.165, 1.54) is 20.5 Å². The smallest absolute Gasteiger partial charge is 0.231 e. The number of hydrogen-bond acceptors (Lipinski definition) is 6. The number of nitrogens with zero attached hydrogens (tertiary/aromatic N) is 4. The Morgan fingerprint density at radius 3 is 2.93 bits per heavy atom. The van der Waals surface area contributed by atoms with Gasteiger partial charge in [-0.15, -0.1) is 0 Å². The summed E-state index contributed by atoms with van der Waals surface area (Å²) in [7, 11) is -1.64. The second kappa shape index (κ2) is 8.22. The Morgan fingerprint density at radius 2 is 2.26 bits per heavy atom. The lowest BCUT2D eigenvalue weighted by Crippen LogP contribution is -2.46. The summed E-state index contributed by atoms with van der Waals surface area (Å²) in [5.41, 5.74) is 0.828. The van der Waals surface area contributed by atoms with Crippen molar-refractivity contribution in [2.24, 2.45) is 5.92 Å². The second-order valence-electron chi connectivity index (χ2n) is 6.35. The van der Waals surface area contributed by atoms with Gasteiger partial charge in [0, 0.05) is 38.1 Å². The summed E-state index contributed by atoms with van der Waals surface area (Å²) in [6.45, 7) is 2.30. The number of thiazole rings is 1. The molecule has 1 aliphatic heterocycles. The highest BCUT2D eigenvalue weighted by Gasteiger charge is 2.34. The fourth-order valence-electron chi connectivity index (χ4n) is 3.07. The van der Waals surface area contributed by atoms with Crippen LogP contribution in [0.2, 0.25) is 5.15 Å². The van der Waals surface area contributed by atoms with Crippen molar-refractivity contribution >= 4 is 43.9 Å². The van der Waals surface area contributed by atoms with Crippen molar-refractivity contribution in [1.29, 1.82) is 0 Å². The zero-order chi connectivity index (χ0) is 19.6. The van der Waals surface area contributed by atoms with Crippen LogP contribution in [0.5, 0.6) is 0 Å². The number of anilines is 1. The topological polar surface area (TPSA) is 83.5 Å². The molecular formula is C17H21ClN4O3S2. The van der Waals surface area contributed by atoms with Crippen LogP contribution in [0.4, 0.5) is 5.00 Å². The van der Waals surface area contributed by atoms with E-state index in [0.29, 0.717) is 29.4 Å². The van der Waals surface area contributed by atoms with Crippen LogP contribution in [0.1, 0.15) is 19.8 Å². The molecule has 2 aromatic rings. The molecule has 1 saturated heterocycles. The van der Waals surface area contributed by atoms with Gasteiger partial charge in [0.15, 0.2) is 5.15 Å². The molecule has 3 rings (SSSR count). The van der Waals surface area contributed by atoms with E-state index in [1.807, 2.05) is 12.1 Å². The number of amides is 1. The predicted molar refractivity (Wildman–Crippen MR) is 108 cm³/mol. The summed E-state index contributed by atoms with van der Waals surface area (Å²) < 4.78 is 25.7. The van der Waals surface area contributed by atoms with Gasteiger partial charge in [-0.3, -0.25) is 9.78 Å². The Bertz CT molecular complexity index is 918. The maximum atomic E-state index is 13.0. The summed E-state index contributed by atoms with van der Waals surface area (Å²) in [6, 6.07) is 3.69. The van der Waals surface area contributed by atoms with Gasteiger partial charge in [-0.1, -0.05) is 22.9 Å². The molecule has 146 valence electrons. The maximum absolute atomic E-state index is 13.0. The third-order valence-electron chi connectivity index (χ3n) is 4.60. The highest BCUT2D eigenvalue weighted by molar-refractivity contribution is 7.89. The number of rotatable bonds is 5. The number of carbonyl (C=O) groups is 1. The summed E-state index contributed by atoms with van der Waals surface area (Å²) in [5, 5.41) is 1.49. The molecule has 1 atom stereocenters. The molecule has 0 bridgehead atoms. The number of pyridine rings is 1. The lowest BCUT2D eigenvalue weighted by molar-refractivity contribution is -0.123. The molecule has 7 nitrogen and oxygen atoms in total. The lowest BCUT2D eigenvalue weighted by Gasteiger charge is -2.32. The molecule has 0 aromatic carbocycles. The van der Waals surface area contributed by atoms with Gasteiger partial charge in [-0.2, -0.15) is 0 Å². The minimum atomic E-state index is -3.30. The van der Waals surface area contributed by atoms with Gasteiger partial charge in [0.2, 0.25) is 15.9 Å². The fraction of sp³-hybridized carbons (Fsp3) is 0.471. The van der Waals surface area contributed by atoms with Crippen molar-refractivity contribution in [3.05, 3.63) is 29.7 Å². The number of sulfonamides is 1. The molecule has 27 heavy (non-hydrogen) atoms. The summed E-state index contributed by atoms with van der Waals surface area (Å²) in [6.07, 6.45) is 4.69. The second-order valence-corrected chi connectivity index (χ2v) is 9.94. The van der Waals surface area contributed by atoms with Gasteiger partial charge < -0.3 is 4.90 Å². The standard InChI is InChI=1S/C17H21ClN4O3S2/c1-3-27(24,25)22-9-5-7-13(11-22)16(23)21(2)17-14(18)20-15(26-17)12-6-4-8-19-10-12/h4,6,8,10,13H,3,5,7,9,11H2,1-2H3. The average molecular weight is 429 g/mol. The third kappa shape index (κ3) is 4.31. The molecule has 10 heteroatoms. The van der Waals surface area contributed by atoms with Crippen molar-refractivity contribution in [3.8, 4) is 10.6 Å². The van der Waals surface area contributed by atoms with Crippen LogP contribution in [0.3, 0.4) is 0 Å². The first kappa shape index (κ1) is 20.2. The minimum Gasteiger partial charge on any atom is -0.304 e. The van der Waals surface area contributed by atoms with Gasteiger partial charge in [0.25, 0.3) is 0 Å². The van der Waals surface area contributed by atoms with Crippen LogP contribution in [0.25, 0.3) is 10.6 Å². The molecule has 1 unspecified atom stereocenters. The van der Waals surface area contributed by atoms with E-state index in [-0.39, 0.29) is 29.3 Å². The van der Waals surface area contributed by atoms with Gasteiger partial charge in [-0.05, 0) is 31.9 Å². The van der Waals surface area contributed by atoms with Gasteiger partial charge in [0.1, 0.15) is 10.0 Å². The van der Waals surface area contributed by atoms with E-state index in [0.717, 1.165) is 5.56 Å². The summed E-state index contributed by atoms with van der Waals surface area (Å²) >= 11 is 7.59. The summed E-state index contributed by atoms with van der Waals surface area (Å²) in [4.78, 5) is 22.9. The van der Waals surface area contributed by atoms with E-state index >= 15 is 0 Å². The number of halogens is 1.